The Kier molecular flexibility index (Phi) is 4.83. The number of aliphatic hydroxyl groups excluding tert-OH is 1. The average Bonchev–Trinajstić information content (AvgIpc) is 2.55. The molecule has 0 aromatic rings. The molecule has 3 heteroatoms. The van der Waals surface area contributed by atoms with Crippen LogP contribution in [0.3, 0.4) is 0 Å². The number of hydrogen-bond acceptors (Lipinski definition) is 3. The second-order valence-corrected chi connectivity index (χ2v) is 5.97. The number of nitrogens with zero attached hydrogens (tertiary/aromatic N) is 1. The highest BCUT2D eigenvalue weighted by Crippen LogP contribution is 2.26. The minimum Gasteiger partial charge on any atom is -0.391 e. The van der Waals surface area contributed by atoms with E-state index in [1.807, 2.05) is 0 Å². The van der Waals surface area contributed by atoms with Crippen molar-refractivity contribution in [1.29, 1.82) is 0 Å². The Bertz CT molecular complexity index is 232. The molecule has 2 fully saturated rings. The van der Waals surface area contributed by atoms with E-state index in [4.69, 9.17) is 4.74 Å². The third kappa shape index (κ3) is 3.43. The summed E-state index contributed by atoms with van der Waals surface area (Å²) in [5, 5.41) is 10.1. The van der Waals surface area contributed by atoms with Crippen LogP contribution in [0.4, 0.5) is 0 Å². The molecule has 2 aliphatic rings. The lowest BCUT2D eigenvalue weighted by Crippen LogP contribution is -2.50. The van der Waals surface area contributed by atoms with Crippen molar-refractivity contribution >= 4 is 0 Å². The van der Waals surface area contributed by atoms with Gasteiger partial charge in [0.15, 0.2) is 0 Å². The zero-order valence-corrected chi connectivity index (χ0v) is 11.3. The van der Waals surface area contributed by atoms with Crippen LogP contribution in [0, 0.1) is 11.8 Å². The molecule has 0 aromatic heterocycles. The molecule has 0 aliphatic carbocycles. The lowest BCUT2D eigenvalue weighted by Gasteiger charge is -2.36. The summed E-state index contributed by atoms with van der Waals surface area (Å²) >= 11 is 0. The normalized spacial score (nSPS) is 37.1. The zero-order chi connectivity index (χ0) is 12.3. The number of hydrogen-bond donors (Lipinski definition) is 1. The topological polar surface area (TPSA) is 32.7 Å². The molecule has 3 nitrogen and oxygen atoms in total. The molecule has 0 spiro atoms. The van der Waals surface area contributed by atoms with Gasteiger partial charge in [-0.15, -0.1) is 0 Å². The van der Waals surface area contributed by atoms with Crippen LogP contribution in [0.2, 0.25) is 0 Å². The summed E-state index contributed by atoms with van der Waals surface area (Å²) in [4.78, 5) is 2.46. The molecule has 2 heterocycles. The van der Waals surface area contributed by atoms with Crippen LogP contribution in [0.5, 0.6) is 0 Å². The molecule has 3 atom stereocenters. The van der Waals surface area contributed by atoms with Gasteiger partial charge in [0, 0.05) is 6.61 Å². The average molecular weight is 241 g/mol. The van der Waals surface area contributed by atoms with Crippen LogP contribution in [0.15, 0.2) is 0 Å². The molecule has 0 amide bonds. The van der Waals surface area contributed by atoms with Crippen LogP contribution in [-0.2, 0) is 4.74 Å². The second-order valence-electron chi connectivity index (χ2n) is 5.97. The summed E-state index contributed by atoms with van der Waals surface area (Å²) in [5.41, 5.74) is 0. The van der Waals surface area contributed by atoms with Crippen molar-refractivity contribution in [2.45, 2.75) is 51.7 Å². The molecule has 100 valence electrons. The molecule has 3 unspecified atom stereocenters. The highest BCUT2D eigenvalue weighted by Gasteiger charge is 2.31. The third-order valence-corrected chi connectivity index (χ3v) is 4.51. The molecule has 0 aromatic carbocycles. The van der Waals surface area contributed by atoms with E-state index in [9.17, 15) is 5.11 Å². The van der Waals surface area contributed by atoms with Crippen LogP contribution in [-0.4, -0.2) is 48.5 Å². The Labute approximate surface area is 105 Å². The molecule has 0 radical (unpaired) electrons. The Morgan fingerprint density at radius 1 is 1.18 bits per heavy atom. The minimum atomic E-state index is -0.181. The van der Waals surface area contributed by atoms with Gasteiger partial charge < -0.3 is 9.84 Å². The van der Waals surface area contributed by atoms with Crippen LogP contribution in [0.25, 0.3) is 0 Å². The van der Waals surface area contributed by atoms with Gasteiger partial charge in [0.2, 0.25) is 0 Å². The van der Waals surface area contributed by atoms with E-state index in [-0.39, 0.29) is 12.1 Å². The van der Waals surface area contributed by atoms with Gasteiger partial charge in [-0.05, 0) is 50.6 Å². The molecule has 0 saturated carbocycles. The largest absolute Gasteiger partial charge is 0.391 e. The van der Waals surface area contributed by atoms with Gasteiger partial charge in [0.05, 0.1) is 18.8 Å². The van der Waals surface area contributed by atoms with Crippen molar-refractivity contribution in [3.8, 4) is 0 Å². The van der Waals surface area contributed by atoms with E-state index >= 15 is 0 Å². The SMILES string of the molecule is CC(C)C1CCCN(C2COCCC2O)CC1. The number of rotatable bonds is 2. The summed E-state index contributed by atoms with van der Waals surface area (Å²) in [6.45, 7) is 8.37. The quantitative estimate of drug-likeness (QED) is 0.801. The van der Waals surface area contributed by atoms with Crippen molar-refractivity contribution in [2.75, 3.05) is 26.3 Å². The molecular weight excluding hydrogens is 214 g/mol. The van der Waals surface area contributed by atoms with Gasteiger partial charge in [-0.25, -0.2) is 0 Å². The van der Waals surface area contributed by atoms with Crippen molar-refractivity contribution in [3.63, 3.8) is 0 Å². The smallest absolute Gasteiger partial charge is 0.0739 e. The van der Waals surface area contributed by atoms with E-state index in [0.29, 0.717) is 6.61 Å². The first kappa shape index (κ1) is 13.3. The van der Waals surface area contributed by atoms with Crippen LogP contribution < -0.4 is 0 Å². The number of likely N-dealkylation sites (tertiary alicyclic amines) is 1. The fourth-order valence-electron chi connectivity index (χ4n) is 3.20. The molecule has 2 saturated heterocycles. The van der Waals surface area contributed by atoms with Crippen molar-refractivity contribution < 1.29 is 9.84 Å². The fraction of sp³-hybridized carbons (Fsp3) is 1.00. The number of aliphatic hydroxyl groups is 1. The summed E-state index contributed by atoms with van der Waals surface area (Å²) in [6.07, 6.45) is 4.51. The van der Waals surface area contributed by atoms with E-state index in [0.717, 1.165) is 38.0 Å². The Morgan fingerprint density at radius 2 is 2.00 bits per heavy atom. The van der Waals surface area contributed by atoms with Crippen molar-refractivity contribution in [3.05, 3.63) is 0 Å². The van der Waals surface area contributed by atoms with Gasteiger partial charge in [-0.2, -0.15) is 0 Å². The molecule has 2 aliphatic heterocycles. The Morgan fingerprint density at radius 3 is 2.71 bits per heavy atom. The van der Waals surface area contributed by atoms with E-state index in [1.54, 1.807) is 0 Å². The predicted molar refractivity (Wildman–Crippen MR) is 69.0 cm³/mol. The Hall–Kier alpha value is -0.120. The van der Waals surface area contributed by atoms with E-state index < -0.39 is 0 Å². The maximum atomic E-state index is 10.1. The van der Waals surface area contributed by atoms with Crippen molar-refractivity contribution in [1.82, 2.24) is 4.90 Å². The highest BCUT2D eigenvalue weighted by molar-refractivity contribution is 4.84. The summed E-state index contributed by atoms with van der Waals surface area (Å²) in [5.74, 6) is 1.66. The van der Waals surface area contributed by atoms with Gasteiger partial charge in [0.25, 0.3) is 0 Å². The maximum Gasteiger partial charge on any atom is 0.0739 e. The van der Waals surface area contributed by atoms with Gasteiger partial charge in [-0.1, -0.05) is 13.8 Å². The first-order chi connectivity index (χ1) is 8.18. The highest BCUT2D eigenvalue weighted by atomic mass is 16.5. The molecule has 1 N–H and O–H groups in total. The van der Waals surface area contributed by atoms with E-state index in [1.165, 1.54) is 19.3 Å². The minimum absolute atomic E-state index is 0.181. The third-order valence-electron chi connectivity index (χ3n) is 4.51. The summed E-state index contributed by atoms with van der Waals surface area (Å²) in [6, 6.07) is 0.245. The van der Waals surface area contributed by atoms with Crippen molar-refractivity contribution in [2.24, 2.45) is 11.8 Å². The first-order valence-corrected chi connectivity index (χ1v) is 7.18. The van der Waals surface area contributed by atoms with E-state index in [2.05, 4.69) is 18.7 Å². The van der Waals surface area contributed by atoms with Gasteiger partial charge >= 0.3 is 0 Å². The zero-order valence-electron chi connectivity index (χ0n) is 11.3. The lowest BCUT2D eigenvalue weighted by molar-refractivity contribution is -0.0607. The number of ether oxygens (including phenoxy) is 1. The second kappa shape index (κ2) is 6.17. The summed E-state index contributed by atoms with van der Waals surface area (Å²) < 4.78 is 5.52. The molecule has 2 rings (SSSR count). The first-order valence-electron chi connectivity index (χ1n) is 7.18. The molecular formula is C14H27NO2. The predicted octanol–water partition coefficient (Wildman–Crippen LogP) is 1.89. The molecule has 0 bridgehead atoms. The lowest BCUT2D eigenvalue weighted by atomic mass is 9.89. The monoisotopic (exact) mass is 241 g/mol. The Balaban J connectivity index is 1.89. The van der Waals surface area contributed by atoms with Gasteiger partial charge in [-0.3, -0.25) is 4.90 Å². The van der Waals surface area contributed by atoms with Gasteiger partial charge in [0.1, 0.15) is 0 Å². The molecule has 17 heavy (non-hydrogen) atoms. The standard InChI is InChI=1S/C14H27NO2/c1-11(2)12-4-3-7-15(8-5-12)13-10-17-9-6-14(13)16/h11-14,16H,3-10H2,1-2H3. The summed E-state index contributed by atoms with van der Waals surface area (Å²) in [7, 11) is 0. The van der Waals surface area contributed by atoms with Crippen LogP contribution >= 0.6 is 0 Å². The maximum absolute atomic E-state index is 10.1. The van der Waals surface area contributed by atoms with Crippen LogP contribution in [0.1, 0.15) is 39.5 Å². The fourth-order valence-corrected chi connectivity index (χ4v) is 3.20.